The first-order chi connectivity index (χ1) is 14.5. The second kappa shape index (κ2) is 8.60. The number of halogens is 1. The summed E-state index contributed by atoms with van der Waals surface area (Å²) in [5.41, 5.74) is 2.18. The standard InChI is InChI=1S/C20H16ClN5O3S/c21-14-6-2-1-4-13(14)10-26-18(28)15(24-20(26)29)8-17(27)25-19-23-16(11-30-19)12-5-3-7-22-9-12/h1-7,9,11,15H,8,10H2,(H,24,29)(H,23,25,27)/t15-/m0/s1. The van der Waals surface area contributed by atoms with Gasteiger partial charge in [0.2, 0.25) is 5.91 Å². The molecule has 1 aliphatic heterocycles. The molecule has 1 aromatic carbocycles. The third-order valence-corrected chi connectivity index (χ3v) is 5.62. The zero-order chi connectivity index (χ0) is 21.1. The SMILES string of the molecule is O=C(C[C@@H]1NC(=O)N(Cc2ccccc2Cl)C1=O)Nc1nc(-c2cccnc2)cs1. The minimum absolute atomic E-state index is 0.0450. The zero-order valence-electron chi connectivity index (χ0n) is 15.5. The molecule has 2 N–H and O–H groups in total. The predicted octanol–water partition coefficient (Wildman–Crippen LogP) is 3.31. The van der Waals surface area contributed by atoms with Crippen LogP contribution in [0.25, 0.3) is 11.3 Å². The van der Waals surface area contributed by atoms with Crippen LogP contribution in [-0.2, 0) is 16.1 Å². The summed E-state index contributed by atoms with van der Waals surface area (Å²) in [6, 6.07) is 9.16. The van der Waals surface area contributed by atoms with E-state index in [-0.39, 0.29) is 13.0 Å². The fraction of sp³-hybridized carbons (Fsp3) is 0.150. The highest BCUT2D eigenvalue weighted by molar-refractivity contribution is 7.14. The first kappa shape index (κ1) is 20.0. The summed E-state index contributed by atoms with van der Waals surface area (Å²) < 4.78 is 0. The molecule has 1 atom stereocenters. The largest absolute Gasteiger partial charge is 0.325 e. The molecule has 0 aliphatic carbocycles. The highest BCUT2D eigenvalue weighted by Gasteiger charge is 2.39. The van der Waals surface area contributed by atoms with Crippen molar-refractivity contribution in [1.82, 2.24) is 20.2 Å². The molecular formula is C20H16ClN5O3S. The lowest BCUT2D eigenvalue weighted by molar-refractivity contribution is -0.130. The maximum Gasteiger partial charge on any atom is 0.325 e. The molecule has 152 valence electrons. The number of urea groups is 1. The van der Waals surface area contributed by atoms with Gasteiger partial charge >= 0.3 is 6.03 Å². The molecule has 8 nitrogen and oxygen atoms in total. The molecule has 30 heavy (non-hydrogen) atoms. The van der Waals surface area contributed by atoms with E-state index in [1.807, 2.05) is 6.07 Å². The fourth-order valence-corrected chi connectivity index (χ4v) is 3.93. The van der Waals surface area contributed by atoms with Gasteiger partial charge in [-0.25, -0.2) is 9.78 Å². The normalized spacial score (nSPS) is 15.9. The lowest BCUT2D eigenvalue weighted by Gasteiger charge is -2.14. The summed E-state index contributed by atoms with van der Waals surface area (Å²) >= 11 is 7.38. The van der Waals surface area contributed by atoms with Crippen molar-refractivity contribution in [3.8, 4) is 11.3 Å². The van der Waals surface area contributed by atoms with E-state index in [0.29, 0.717) is 21.4 Å². The number of amides is 4. The first-order valence-corrected chi connectivity index (χ1v) is 10.3. The number of rotatable bonds is 6. The van der Waals surface area contributed by atoms with Crippen LogP contribution < -0.4 is 10.6 Å². The highest BCUT2D eigenvalue weighted by Crippen LogP contribution is 2.25. The van der Waals surface area contributed by atoms with Crippen LogP contribution in [0, 0.1) is 0 Å². The monoisotopic (exact) mass is 441 g/mol. The number of benzene rings is 1. The Morgan fingerprint density at radius 1 is 1.23 bits per heavy atom. The molecule has 0 unspecified atom stereocenters. The Labute approximate surface area is 180 Å². The maximum atomic E-state index is 12.6. The van der Waals surface area contributed by atoms with Crippen molar-refractivity contribution in [3.05, 3.63) is 64.8 Å². The number of aromatic nitrogens is 2. The average Bonchev–Trinajstić information content (AvgIpc) is 3.30. The number of hydrogen-bond acceptors (Lipinski definition) is 6. The van der Waals surface area contributed by atoms with Crippen molar-refractivity contribution in [2.45, 2.75) is 19.0 Å². The highest BCUT2D eigenvalue weighted by atomic mass is 35.5. The van der Waals surface area contributed by atoms with E-state index in [2.05, 4.69) is 20.6 Å². The molecule has 3 heterocycles. The number of carbonyl (C=O) groups excluding carboxylic acids is 3. The Bertz CT molecular complexity index is 1100. The van der Waals surface area contributed by atoms with E-state index < -0.39 is 23.9 Å². The van der Waals surface area contributed by atoms with E-state index in [1.54, 1.807) is 48.1 Å². The maximum absolute atomic E-state index is 12.6. The quantitative estimate of drug-likeness (QED) is 0.571. The van der Waals surface area contributed by atoms with Crippen molar-refractivity contribution in [3.63, 3.8) is 0 Å². The molecule has 1 fully saturated rings. The van der Waals surface area contributed by atoms with Crippen molar-refractivity contribution in [2.24, 2.45) is 0 Å². The Hall–Kier alpha value is -3.30. The van der Waals surface area contributed by atoms with Gasteiger partial charge in [0, 0.05) is 28.4 Å². The van der Waals surface area contributed by atoms with Crippen LogP contribution in [0.1, 0.15) is 12.0 Å². The fourth-order valence-electron chi connectivity index (χ4n) is 3.00. The summed E-state index contributed by atoms with van der Waals surface area (Å²) in [6.45, 7) is 0.0450. The number of nitrogens with zero attached hydrogens (tertiary/aromatic N) is 3. The summed E-state index contributed by atoms with van der Waals surface area (Å²) in [5.74, 6) is -0.884. The van der Waals surface area contributed by atoms with Gasteiger partial charge in [-0.15, -0.1) is 11.3 Å². The Balaban J connectivity index is 1.37. The number of thiazole rings is 1. The number of imide groups is 1. The van der Waals surface area contributed by atoms with E-state index in [9.17, 15) is 14.4 Å². The van der Waals surface area contributed by atoms with Gasteiger partial charge in [0.1, 0.15) is 6.04 Å². The van der Waals surface area contributed by atoms with Gasteiger partial charge in [-0.05, 0) is 23.8 Å². The number of hydrogen-bond donors (Lipinski definition) is 2. The lowest BCUT2D eigenvalue weighted by atomic mass is 10.1. The molecule has 0 spiro atoms. The summed E-state index contributed by atoms with van der Waals surface area (Å²) in [5, 5.41) is 7.90. The molecule has 4 amide bonds. The first-order valence-electron chi connectivity index (χ1n) is 9.02. The van der Waals surface area contributed by atoms with Crippen LogP contribution in [0.3, 0.4) is 0 Å². The van der Waals surface area contributed by atoms with Gasteiger partial charge in [-0.1, -0.05) is 29.8 Å². The van der Waals surface area contributed by atoms with Gasteiger partial charge in [0.25, 0.3) is 5.91 Å². The number of anilines is 1. The van der Waals surface area contributed by atoms with Crippen molar-refractivity contribution in [1.29, 1.82) is 0 Å². The number of carbonyl (C=O) groups is 3. The van der Waals surface area contributed by atoms with Gasteiger partial charge in [0.15, 0.2) is 5.13 Å². The van der Waals surface area contributed by atoms with Gasteiger partial charge in [0.05, 0.1) is 18.7 Å². The third kappa shape index (κ3) is 4.32. The number of pyridine rings is 1. The van der Waals surface area contributed by atoms with E-state index >= 15 is 0 Å². The van der Waals surface area contributed by atoms with Crippen LogP contribution in [-0.4, -0.2) is 38.8 Å². The summed E-state index contributed by atoms with van der Waals surface area (Å²) in [6.07, 6.45) is 3.16. The average molecular weight is 442 g/mol. The van der Waals surface area contributed by atoms with Gasteiger partial charge in [-0.3, -0.25) is 19.5 Å². The van der Waals surface area contributed by atoms with Gasteiger partial charge < -0.3 is 10.6 Å². The number of nitrogens with one attached hydrogen (secondary N) is 2. The zero-order valence-corrected chi connectivity index (χ0v) is 17.1. The van der Waals surface area contributed by atoms with Crippen molar-refractivity contribution in [2.75, 3.05) is 5.32 Å². The molecule has 2 aromatic heterocycles. The topological polar surface area (TPSA) is 104 Å². The van der Waals surface area contributed by atoms with Crippen LogP contribution in [0.5, 0.6) is 0 Å². The second-order valence-corrected chi connectivity index (χ2v) is 7.82. The summed E-state index contributed by atoms with van der Waals surface area (Å²) in [4.78, 5) is 46.7. The van der Waals surface area contributed by atoms with Crippen molar-refractivity contribution >= 4 is 45.9 Å². The van der Waals surface area contributed by atoms with Crippen LogP contribution in [0.4, 0.5) is 9.93 Å². The molecule has 10 heteroatoms. The Morgan fingerprint density at radius 3 is 2.83 bits per heavy atom. The molecule has 1 saturated heterocycles. The molecule has 0 radical (unpaired) electrons. The van der Waals surface area contributed by atoms with Crippen LogP contribution in [0.2, 0.25) is 5.02 Å². The lowest BCUT2D eigenvalue weighted by Crippen LogP contribution is -2.34. The smallest absolute Gasteiger partial charge is 0.325 e. The molecule has 1 aliphatic rings. The second-order valence-electron chi connectivity index (χ2n) is 6.55. The third-order valence-electron chi connectivity index (χ3n) is 4.49. The molecule has 4 rings (SSSR count). The minimum Gasteiger partial charge on any atom is -0.325 e. The minimum atomic E-state index is -0.933. The van der Waals surface area contributed by atoms with Gasteiger partial charge in [-0.2, -0.15) is 0 Å². The molecule has 0 bridgehead atoms. The van der Waals surface area contributed by atoms with E-state index in [4.69, 9.17) is 11.6 Å². The molecular weight excluding hydrogens is 426 g/mol. The van der Waals surface area contributed by atoms with Crippen LogP contribution in [0.15, 0.2) is 54.2 Å². The van der Waals surface area contributed by atoms with E-state index in [1.165, 1.54) is 11.3 Å². The predicted molar refractivity (Wildman–Crippen MR) is 113 cm³/mol. The van der Waals surface area contributed by atoms with Crippen molar-refractivity contribution < 1.29 is 14.4 Å². The van der Waals surface area contributed by atoms with Crippen LogP contribution >= 0.6 is 22.9 Å². The Morgan fingerprint density at radius 2 is 2.07 bits per heavy atom. The van der Waals surface area contributed by atoms with E-state index in [0.717, 1.165) is 10.5 Å². The summed E-state index contributed by atoms with van der Waals surface area (Å²) in [7, 11) is 0. The molecule has 3 aromatic rings. The molecule has 0 saturated carbocycles. The Kier molecular flexibility index (Phi) is 5.73.